The number of pyridine rings is 2. The summed E-state index contributed by atoms with van der Waals surface area (Å²) >= 11 is 0. The van der Waals surface area contributed by atoms with Gasteiger partial charge in [-0.25, -0.2) is 15.0 Å². The fourth-order valence-electron chi connectivity index (χ4n) is 9.66. The predicted molar refractivity (Wildman–Crippen MR) is 217 cm³/mol. The third kappa shape index (κ3) is 4.48. The number of aryl methyl sites for hydroxylation is 5. The maximum atomic E-state index is 6.91. The Kier molecular flexibility index (Phi) is 6.56. The van der Waals surface area contributed by atoms with E-state index < -0.39 is 5.54 Å². The molecule has 262 valence electrons. The van der Waals surface area contributed by atoms with Crippen molar-refractivity contribution in [3.8, 4) is 11.5 Å². The molecule has 0 unspecified atom stereocenters. The number of ether oxygens (including phenoxy) is 1. The van der Waals surface area contributed by atoms with Crippen LogP contribution < -0.4 is 0 Å². The van der Waals surface area contributed by atoms with Gasteiger partial charge in [0.25, 0.3) is 0 Å². The topological polar surface area (TPSA) is 57.2 Å². The minimum atomic E-state index is -0.416. The Bertz CT molecular complexity index is 2910. The molecule has 2 atom stereocenters. The Morgan fingerprint density at radius 3 is 2.19 bits per heavy atom. The molecule has 0 fully saturated rings. The highest BCUT2D eigenvalue weighted by Gasteiger charge is 2.57. The molecule has 1 aliphatic carbocycles. The average Bonchev–Trinajstić information content (AvgIpc) is 3.75. The van der Waals surface area contributed by atoms with Crippen molar-refractivity contribution < 1.29 is 4.74 Å². The minimum absolute atomic E-state index is 0.0551. The summed E-state index contributed by atoms with van der Waals surface area (Å²) in [4.78, 5) is 15.6. The van der Waals surface area contributed by atoms with E-state index in [1.54, 1.807) is 0 Å². The zero-order valence-corrected chi connectivity index (χ0v) is 31.7. The van der Waals surface area contributed by atoms with E-state index in [9.17, 15) is 0 Å². The Morgan fingerprint density at radius 1 is 0.679 bits per heavy atom. The van der Waals surface area contributed by atoms with Crippen LogP contribution in [-0.4, -0.2) is 36.6 Å². The SMILES string of the molecule is Cc1cc(C)c2c(c1)C[C@@H]1OC(c3cc(C)nc(-n4c5ccc(C)cc5c5ccc(-n6c7ccc(C)cc7c7cccnc76)cc54)c3)=N[C@]1(C)C2(C)C. The molecule has 4 aromatic carbocycles. The van der Waals surface area contributed by atoms with Crippen molar-refractivity contribution >= 4 is 49.6 Å². The van der Waals surface area contributed by atoms with Crippen LogP contribution in [-0.2, 0) is 16.6 Å². The molecule has 6 heteroatoms. The molecular weight excluding hydrogens is 651 g/mol. The van der Waals surface area contributed by atoms with Gasteiger partial charge < -0.3 is 4.74 Å². The summed E-state index contributed by atoms with van der Waals surface area (Å²) in [5.41, 5.74) is 14.5. The van der Waals surface area contributed by atoms with Gasteiger partial charge in [0.15, 0.2) is 0 Å². The largest absolute Gasteiger partial charge is 0.471 e. The van der Waals surface area contributed by atoms with Gasteiger partial charge in [-0.05, 0) is 119 Å². The van der Waals surface area contributed by atoms with Crippen molar-refractivity contribution in [2.75, 3.05) is 0 Å². The van der Waals surface area contributed by atoms with Gasteiger partial charge >= 0.3 is 0 Å². The number of benzene rings is 4. The third-order valence-electron chi connectivity index (χ3n) is 12.3. The molecule has 2 aliphatic rings. The van der Waals surface area contributed by atoms with Gasteiger partial charge in [0, 0.05) is 56.5 Å². The van der Waals surface area contributed by atoms with Crippen molar-refractivity contribution in [3.05, 3.63) is 142 Å². The first-order chi connectivity index (χ1) is 25.4. The molecule has 1 aliphatic heterocycles. The van der Waals surface area contributed by atoms with Crippen LogP contribution in [0.25, 0.3) is 55.2 Å². The van der Waals surface area contributed by atoms with Crippen LogP contribution in [0.15, 0.2) is 102 Å². The van der Waals surface area contributed by atoms with E-state index in [4.69, 9.17) is 19.7 Å². The lowest BCUT2D eigenvalue weighted by atomic mass is 9.59. The number of nitrogens with zero attached hydrogens (tertiary/aromatic N) is 5. The molecule has 10 rings (SSSR count). The molecule has 6 nitrogen and oxygen atoms in total. The van der Waals surface area contributed by atoms with Crippen molar-refractivity contribution in [3.63, 3.8) is 0 Å². The van der Waals surface area contributed by atoms with Crippen molar-refractivity contribution in [2.24, 2.45) is 4.99 Å². The van der Waals surface area contributed by atoms with Crippen LogP contribution in [0.3, 0.4) is 0 Å². The van der Waals surface area contributed by atoms with Crippen LogP contribution in [0, 0.1) is 34.6 Å². The van der Waals surface area contributed by atoms with E-state index in [1.165, 1.54) is 49.5 Å². The van der Waals surface area contributed by atoms with E-state index >= 15 is 0 Å². The second-order valence-electron chi connectivity index (χ2n) is 16.3. The average molecular weight is 694 g/mol. The lowest BCUT2D eigenvalue weighted by Gasteiger charge is -2.48. The number of rotatable bonds is 3. The minimum Gasteiger partial charge on any atom is -0.471 e. The maximum Gasteiger partial charge on any atom is 0.217 e. The van der Waals surface area contributed by atoms with Gasteiger partial charge in [0.1, 0.15) is 23.1 Å². The second kappa shape index (κ2) is 10.9. The highest BCUT2D eigenvalue weighted by molar-refractivity contribution is 6.11. The molecule has 0 bridgehead atoms. The van der Waals surface area contributed by atoms with Gasteiger partial charge in [-0.2, -0.15) is 0 Å². The number of aliphatic imine (C=N–C) groups is 1. The number of aromatic nitrogens is 4. The van der Waals surface area contributed by atoms with Gasteiger partial charge in [0.2, 0.25) is 5.90 Å². The number of hydrogen-bond donors (Lipinski definition) is 0. The van der Waals surface area contributed by atoms with E-state index in [0.29, 0.717) is 5.90 Å². The fraction of sp³-hybridized carbons (Fsp3) is 0.255. The van der Waals surface area contributed by atoms with Gasteiger partial charge in [-0.3, -0.25) is 9.13 Å². The summed E-state index contributed by atoms with van der Waals surface area (Å²) in [6.45, 7) is 17.8. The van der Waals surface area contributed by atoms with E-state index in [0.717, 1.165) is 56.8 Å². The van der Waals surface area contributed by atoms with Crippen molar-refractivity contribution in [1.82, 2.24) is 19.1 Å². The molecule has 4 aromatic heterocycles. The molecule has 0 saturated heterocycles. The van der Waals surface area contributed by atoms with E-state index in [2.05, 4.69) is 149 Å². The molecule has 0 amide bonds. The highest BCUT2D eigenvalue weighted by Crippen LogP contribution is 2.51. The summed E-state index contributed by atoms with van der Waals surface area (Å²) in [6.07, 6.45) is 2.67. The zero-order valence-electron chi connectivity index (χ0n) is 31.7. The maximum absolute atomic E-state index is 6.91. The van der Waals surface area contributed by atoms with Crippen molar-refractivity contribution in [2.45, 2.75) is 78.9 Å². The first kappa shape index (κ1) is 31.9. The Hall–Kier alpha value is -5.75. The fourth-order valence-corrected chi connectivity index (χ4v) is 9.66. The van der Waals surface area contributed by atoms with Crippen LogP contribution in [0.5, 0.6) is 0 Å². The number of hydrogen-bond acceptors (Lipinski definition) is 4. The summed E-state index contributed by atoms with van der Waals surface area (Å²) in [5, 5.41) is 4.73. The lowest BCUT2D eigenvalue weighted by Crippen LogP contribution is -2.55. The van der Waals surface area contributed by atoms with Gasteiger partial charge in [-0.15, -0.1) is 0 Å². The lowest BCUT2D eigenvalue weighted by molar-refractivity contribution is 0.0858. The van der Waals surface area contributed by atoms with Gasteiger partial charge in [0.05, 0.1) is 16.6 Å². The van der Waals surface area contributed by atoms with E-state index in [1.807, 2.05) is 12.3 Å². The summed E-state index contributed by atoms with van der Waals surface area (Å²) in [5.74, 6) is 1.54. The predicted octanol–water partition coefficient (Wildman–Crippen LogP) is 10.7. The summed E-state index contributed by atoms with van der Waals surface area (Å²) in [6, 6.07) is 33.3. The summed E-state index contributed by atoms with van der Waals surface area (Å²) in [7, 11) is 0. The summed E-state index contributed by atoms with van der Waals surface area (Å²) < 4.78 is 11.5. The first-order valence-corrected chi connectivity index (χ1v) is 18.7. The molecular formula is C47H43N5O. The van der Waals surface area contributed by atoms with Crippen LogP contribution >= 0.6 is 0 Å². The van der Waals surface area contributed by atoms with Crippen LogP contribution in [0.1, 0.15) is 65.4 Å². The Morgan fingerprint density at radius 2 is 1.42 bits per heavy atom. The van der Waals surface area contributed by atoms with Gasteiger partial charge in [-0.1, -0.05) is 60.9 Å². The second-order valence-corrected chi connectivity index (χ2v) is 16.3. The molecule has 0 N–H and O–H groups in total. The van der Waals surface area contributed by atoms with Crippen molar-refractivity contribution in [1.29, 1.82) is 0 Å². The molecule has 5 heterocycles. The highest BCUT2D eigenvalue weighted by atomic mass is 16.5. The monoisotopic (exact) mass is 693 g/mol. The normalized spacial score (nSPS) is 19.2. The molecule has 8 aromatic rings. The Labute approximate surface area is 309 Å². The molecule has 0 spiro atoms. The number of fused-ring (bicyclic) bond motifs is 8. The molecule has 0 radical (unpaired) electrons. The first-order valence-electron chi connectivity index (χ1n) is 18.7. The van der Waals surface area contributed by atoms with Crippen LogP contribution in [0.2, 0.25) is 0 Å². The molecule has 53 heavy (non-hydrogen) atoms. The molecule has 0 saturated carbocycles. The standard InChI is InChI=1S/C47H43N5O/c1-26-12-16-39-36(20-26)34-14-13-33(51-38-15-11-27(2)21-37(38)35-10-9-17-48-44(35)51)25-40(34)52(39)42-24-32(22-30(5)49-42)45-50-47(8)41(53-45)23-31-19-28(3)18-29(4)43(31)46(47,6)7/h9-22,24-25,41H,23H2,1-8H3/t41-,47-/m0/s1. The van der Waals surface area contributed by atoms with E-state index in [-0.39, 0.29) is 11.5 Å². The zero-order chi connectivity index (χ0) is 36.6. The smallest absolute Gasteiger partial charge is 0.217 e. The Balaban J connectivity index is 1.16. The third-order valence-corrected chi connectivity index (χ3v) is 12.3. The quantitative estimate of drug-likeness (QED) is 0.185. The van der Waals surface area contributed by atoms with Crippen LogP contribution in [0.4, 0.5) is 0 Å².